The third-order valence-corrected chi connectivity index (χ3v) is 6.14. The topological polar surface area (TPSA) is 74.2 Å². The Labute approximate surface area is 201 Å². The lowest BCUT2D eigenvalue weighted by atomic mass is 9.90. The number of amides is 1. The van der Waals surface area contributed by atoms with Gasteiger partial charge in [-0.1, -0.05) is 35.9 Å². The highest BCUT2D eigenvalue weighted by Crippen LogP contribution is 2.33. The summed E-state index contributed by atoms with van der Waals surface area (Å²) in [5.74, 6) is -1.87. The van der Waals surface area contributed by atoms with Crippen LogP contribution in [-0.2, 0) is 20.5 Å². The molecule has 2 atom stereocenters. The molecule has 0 unspecified atom stereocenters. The van der Waals surface area contributed by atoms with Gasteiger partial charge in [-0.2, -0.15) is 13.2 Å². The van der Waals surface area contributed by atoms with Gasteiger partial charge in [-0.3, -0.25) is 14.9 Å². The lowest BCUT2D eigenvalue weighted by Crippen LogP contribution is -2.57. The van der Waals surface area contributed by atoms with Crippen LogP contribution in [0.2, 0.25) is 0 Å². The van der Waals surface area contributed by atoms with Crippen LogP contribution in [0.5, 0.6) is 0 Å². The number of anilines is 1. The molecule has 10 heteroatoms. The molecule has 35 heavy (non-hydrogen) atoms. The third-order valence-electron chi connectivity index (χ3n) is 6.14. The van der Waals surface area contributed by atoms with E-state index >= 15 is 0 Å². The Bertz CT molecular complexity index is 1130. The van der Waals surface area contributed by atoms with E-state index in [1.165, 1.54) is 6.07 Å². The van der Waals surface area contributed by atoms with Gasteiger partial charge < -0.3 is 14.5 Å². The minimum atomic E-state index is -4.40. The molecule has 2 aromatic rings. The second-order valence-electron chi connectivity index (χ2n) is 8.55. The Hall–Kier alpha value is -3.56. The second-order valence-corrected chi connectivity index (χ2v) is 8.55. The molecule has 2 aliphatic heterocycles. The fourth-order valence-corrected chi connectivity index (χ4v) is 4.38. The number of carbonyl (C=O) groups is 2. The summed E-state index contributed by atoms with van der Waals surface area (Å²) in [5.41, 5.74) is 1.52. The van der Waals surface area contributed by atoms with Crippen LogP contribution >= 0.6 is 0 Å². The standard InChI is InChI=1S/C25H27F3N4O3/c1-3-35-23(34)20-21(17-7-4-6-16(2)14-17)29-24(30-22(20)33)32-12-10-31(11-13-32)19-9-5-8-18(15-19)25(26,27)28/h4-9,14-15,20-21H,3,10-13H2,1-2H3,(H,29,30,33)/t20-,21+/m0/s1. The van der Waals surface area contributed by atoms with E-state index in [1.807, 2.05) is 41.0 Å². The summed E-state index contributed by atoms with van der Waals surface area (Å²) in [6, 6.07) is 12.0. The van der Waals surface area contributed by atoms with Gasteiger partial charge in [0.25, 0.3) is 0 Å². The molecule has 2 aromatic carbocycles. The van der Waals surface area contributed by atoms with E-state index in [0.29, 0.717) is 37.8 Å². The van der Waals surface area contributed by atoms with E-state index in [9.17, 15) is 22.8 Å². The van der Waals surface area contributed by atoms with Gasteiger partial charge in [0.2, 0.25) is 11.9 Å². The quantitative estimate of drug-likeness (QED) is 0.527. The number of carbonyl (C=O) groups excluding carboxylic acids is 2. The lowest BCUT2D eigenvalue weighted by molar-refractivity contribution is -0.153. The van der Waals surface area contributed by atoms with E-state index in [0.717, 1.165) is 23.3 Å². The SMILES string of the molecule is CCOC(=O)[C@@H]1C(=O)NC(N2CCN(c3cccc(C(F)(F)F)c3)CC2)=N[C@@H]1c1cccc(C)c1. The fourth-order valence-electron chi connectivity index (χ4n) is 4.38. The number of alkyl halides is 3. The van der Waals surface area contributed by atoms with E-state index in [4.69, 9.17) is 9.73 Å². The molecule has 0 bridgehead atoms. The molecule has 7 nitrogen and oxygen atoms in total. The predicted octanol–water partition coefficient (Wildman–Crippen LogP) is 3.54. The van der Waals surface area contributed by atoms with Crippen molar-refractivity contribution in [1.82, 2.24) is 10.2 Å². The van der Waals surface area contributed by atoms with Gasteiger partial charge in [0.1, 0.15) is 6.04 Å². The van der Waals surface area contributed by atoms with Crippen molar-refractivity contribution in [3.63, 3.8) is 0 Å². The van der Waals surface area contributed by atoms with Gasteiger partial charge in [-0.05, 0) is 37.6 Å². The highest BCUT2D eigenvalue weighted by atomic mass is 19.4. The van der Waals surface area contributed by atoms with Gasteiger partial charge in [0.15, 0.2) is 5.92 Å². The van der Waals surface area contributed by atoms with Crippen molar-refractivity contribution < 1.29 is 27.5 Å². The number of nitrogens with zero attached hydrogens (tertiary/aromatic N) is 3. The summed E-state index contributed by atoms with van der Waals surface area (Å²) in [4.78, 5) is 34.1. The van der Waals surface area contributed by atoms with Gasteiger partial charge in [-0.25, -0.2) is 4.99 Å². The smallest absolute Gasteiger partial charge is 0.416 e. The van der Waals surface area contributed by atoms with Crippen molar-refractivity contribution in [2.45, 2.75) is 26.1 Å². The molecule has 4 rings (SSSR count). The van der Waals surface area contributed by atoms with Crippen molar-refractivity contribution in [1.29, 1.82) is 0 Å². The van der Waals surface area contributed by atoms with Crippen LogP contribution in [0.4, 0.5) is 18.9 Å². The number of nitrogens with one attached hydrogen (secondary N) is 1. The van der Waals surface area contributed by atoms with Crippen molar-refractivity contribution in [2.75, 3.05) is 37.7 Å². The number of hydrogen-bond donors (Lipinski definition) is 1. The highest BCUT2D eigenvalue weighted by molar-refractivity contribution is 6.08. The molecule has 1 N–H and O–H groups in total. The molecular weight excluding hydrogens is 461 g/mol. The maximum absolute atomic E-state index is 13.1. The largest absolute Gasteiger partial charge is 0.465 e. The maximum Gasteiger partial charge on any atom is 0.416 e. The van der Waals surface area contributed by atoms with Gasteiger partial charge in [0.05, 0.1) is 12.2 Å². The maximum atomic E-state index is 13.1. The van der Waals surface area contributed by atoms with Crippen LogP contribution in [0.1, 0.15) is 29.7 Å². The molecule has 2 aliphatic rings. The summed E-state index contributed by atoms with van der Waals surface area (Å²) < 4.78 is 44.4. The number of halogens is 3. The summed E-state index contributed by atoms with van der Waals surface area (Å²) in [6.07, 6.45) is -4.40. The minimum Gasteiger partial charge on any atom is -0.465 e. The molecule has 1 fully saturated rings. The fraction of sp³-hybridized carbons (Fsp3) is 0.400. The number of esters is 1. The Balaban J connectivity index is 1.54. The number of ether oxygens (including phenoxy) is 1. The molecular formula is C25H27F3N4O3. The Kier molecular flexibility index (Phi) is 7.00. The normalized spacial score (nSPS) is 20.8. The van der Waals surface area contributed by atoms with Crippen LogP contribution in [-0.4, -0.2) is 55.5 Å². The summed E-state index contributed by atoms with van der Waals surface area (Å²) in [6.45, 7) is 5.54. The number of aliphatic imine (C=N–C) groups is 1. The molecule has 2 heterocycles. The Morgan fingerprint density at radius 1 is 1.09 bits per heavy atom. The number of piperazine rings is 1. The van der Waals surface area contributed by atoms with Crippen LogP contribution in [0, 0.1) is 12.8 Å². The Morgan fingerprint density at radius 2 is 1.77 bits per heavy atom. The number of rotatable bonds is 4. The van der Waals surface area contributed by atoms with Gasteiger partial charge in [0, 0.05) is 31.9 Å². The summed E-state index contributed by atoms with van der Waals surface area (Å²) >= 11 is 0. The zero-order valence-corrected chi connectivity index (χ0v) is 19.5. The van der Waals surface area contributed by atoms with Crippen molar-refractivity contribution in [3.05, 3.63) is 65.2 Å². The molecule has 1 amide bonds. The first-order valence-corrected chi connectivity index (χ1v) is 11.5. The zero-order chi connectivity index (χ0) is 25.2. The monoisotopic (exact) mass is 488 g/mol. The molecule has 0 radical (unpaired) electrons. The van der Waals surface area contributed by atoms with Crippen LogP contribution in [0.15, 0.2) is 53.5 Å². The van der Waals surface area contributed by atoms with Crippen molar-refractivity contribution in [3.8, 4) is 0 Å². The number of aryl methyl sites for hydroxylation is 1. The van der Waals surface area contributed by atoms with Crippen LogP contribution < -0.4 is 10.2 Å². The summed E-state index contributed by atoms with van der Waals surface area (Å²) in [5, 5.41) is 2.74. The average Bonchev–Trinajstić information content (AvgIpc) is 2.83. The molecule has 0 saturated carbocycles. The molecule has 0 spiro atoms. The molecule has 1 saturated heterocycles. The molecule has 0 aliphatic carbocycles. The predicted molar refractivity (Wildman–Crippen MR) is 125 cm³/mol. The number of benzene rings is 2. The van der Waals surface area contributed by atoms with Crippen LogP contribution in [0.3, 0.4) is 0 Å². The van der Waals surface area contributed by atoms with Crippen molar-refractivity contribution >= 4 is 23.5 Å². The van der Waals surface area contributed by atoms with Gasteiger partial charge >= 0.3 is 12.1 Å². The first-order chi connectivity index (χ1) is 16.7. The molecule has 0 aromatic heterocycles. The summed E-state index contributed by atoms with van der Waals surface area (Å²) in [7, 11) is 0. The van der Waals surface area contributed by atoms with E-state index in [-0.39, 0.29) is 6.61 Å². The Morgan fingerprint density at radius 3 is 2.43 bits per heavy atom. The number of hydrogen-bond acceptors (Lipinski definition) is 6. The number of guanidine groups is 1. The zero-order valence-electron chi connectivity index (χ0n) is 19.5. The minimum absolute atomic E-state index is 0.150. The average molecular weight is 489 g/mol. The first-order valence-electron chi connectivity index (χ1n) is 11.5. The van der Waals surface area contributed by atoms with E-state index < -0.39 is 35.6 Å². The van der Waals surface area contributed by atoms with Crippen LogP contribution in [0.25, 0.3) is 0 Å². The third kappa shape index (κ3) is 5.41. The second kappa shape index (κ2) is 9.97. The van der Waals surface area contributed by atoms with Crippen molar-refractivity contribution in [2.24, 2.45) is 10.9 Å². The van der Waals surface area contributed by atoms with Gasteiger partial charge in [-0.15, -0.1) is 0 Å². The van der Waals surface area contributed by atoms with E-state index in [1.54, 1.807) is 13.0 Å². The highest BCUT2D eigenvalue weighted by Gasteiger charge is 2.42. The first kappa shape index (κ1) is 24.6. The molecule has 186 valence electrons. The van der Waals surface area contributed by atoms with E-state index in [2.05, 4.69) is 5.32 Å². The lowest BCUT2D eigenvalue weighted by Gasteiger charge is -2.39.